The summed E-state index contributed by atoms with van der Waals surface area (Å²) in [6, 6.07) is 41.0. The zero-order valence-electron chi connectivity index (χ0n) is 22.5. The summed E-state index contributed by atoms with van der Waals surface area (Å²) in [4.78, 5) is 4.13. The van der Waals surface area contributed by atoms with E-state index < -0.39 is 5.54 Å². The van der Waals surface area contributed by atoms with E-state index in [2.05, 4.69) is 100 Å². The van der Waals surface area contributed by atoms with Gasteiger partial charge in [-0.25, -0.2) is 4.98 Å². The van der Waals surface area contributed by atoms with E-state index in [1.54, 1.807) is 16.9 Å². The number of nitrogens with zero attached hydrogens (tertiary/aromatic N) is 3. The maximum atomic E-state index is 9.35. The van der Waals surface area contributed by atoms with Gasteiger partial charge in [-0.1, -0.05) is 109 Å². The summed E-state index contributed by atoms with van der Waals surface area (Å²) in [6.07, 6.45) is 5.44. The van der Waals surface area contributed by atoms with Crippen molar-refractivity contribution in [2.24, 2.45) is 7.05 Å². The fraction of sp³-hybridized carbons (Fsp3) is 0.0571. The first kappa shape index (κ1) is 26.2. The fourth-order valence-corrected chi connectivity index (χ4v) is 5.48. The molecule has 0 saturated carbocycles. The molecule has 41 heavy (non-hydrogen) atoms. The van der Waals surface area contributed by atoms with Crippen LogP contribution in [0.25, 0.3) is 11.1 Å². The van der Waals surface area contributed by atoms with Gasteiger partial charge in [0.25, 0.3) is 0 Å². The number of anilines is 1. The van der Waals surface area contributed by atoms with Crippen LogP contribution in [0.3, 0.4) is 0 Å². The van der Waals surface area contributed by atoms with Crippen LogP contribution in [0.1, 0.15) is 27.8 Å². The lowest BCUT2D eigenvalue weighted by atomic mass is 9.76. The van der Waals surface area contributed by atoms with E-state index >= 15 is 0 Å². The van der Waals surface area contributed by atoms with E-state index in [9.17, 15) is 5.41 Å². The molecule has 0 radical (unpaired) electrons. The SMILES string of the molecule is Cn1cc(-c2ccc(NC(c3ccccc3)(c3ccccc3)c3ccccc3)c(C(=N)c3ccnc(Cl)c3)c2)cn1. The van der Waals surface area contributed by atoms with Crippen LogP contribution in [0, 0.1) is 5.41 Å². The lowest BCUT2D eigenvalue weighted by Gasteiger charge is -2.38. The van der Waals surface area contributed by atoms with Gasteiger partial charge in [0.1, 0.15) is 10.7 Å². The van der Waals surface area contributed by atoms with Crippen molar-refractivity contribution in [3.05, 3.63) is 173 Å². The van der Waals surface area contributed by atoms with Crippen molar-refractivity contribution in [2.75, 3.05) is 5.32 Å². The van der Waals surface area contributed by atoms with Crippen LogP contribution in [-0.2, 0) is 12.6 Å². The Bertz CT molecular complexity index is 1700. The third-order valence-electron chi connectivity index (χ3n) is 7.28. The highest BCUT2D eigenvalue weighted by Crippen LogP contribution is 2.41. The predicted molar refractivity (Wildman–Crippen MR) is 167 cm³/mol. The topological polar surface area (TPSA) is 66.6 Å². The second-order valence-electron chi connectivity index (χ2n) is 9.88. The first-order valence-corrected chi connectivity index (χ1v) is 13.7. The minimum Gasteiger partial charge on any atom is -0.367 e. The molecule has 0 aliphatic rings. The smallest absolute Gasteiger partial charge is 0.129 e. The third-order valence-corrected chi connectivity index (χ3v) is 7.49. The molecule has 5 nitrogen and oxygen atoms in total. The molecule has 4 aromatic carbocycles. The Hall–Kier alpha value is -5.00. The molecule has 2 aromatic heterocycles. The van der Waals surface area contributed by atoms with Gasteiger partial charge in [0.15, 0.2) is 0 Å². The van der Waals surface area contributed by atoms with Crippen LogP contribution >= 0.6 is 11.6 Å². The molecule has 0 unspecified atom stereocenters. The second kappa shape index (κ2) is 11.2. The minimum atomic E-state index is -0.746. The number of hydrogen-bond acceptors (Lipinski definition) is 4. The Labute approximate surface area is 244 Å². The van der Waals surface area contributed by atoms with Gasteiger partial charge in [0.2, 0.25) is 0 Å². The molecule has 2 N–H and O–H groups in total. The molecule has 0 fully saturated rings. The van der Waals surface area contributed by atoms with Crippen molar-refractivity contribution >= 4 is 23.0 Å². The minimum absolute atomic E-state index is 0.339. The Kier molecular flexibility index (Phi) is 7.19. The summed E-state index contributed by atoms with van der Waals surface area (Å²) in [7, 11) is 1.90. The van der Waals surface area contributed by atoms with E-state index in [0.717, 1.165) is 39.1 Å². The van der Waals surface area contributed by atoms with E-state index in [1.165, 1.54) is 0 Å². The number of rotatable bonds is 8. The number of pyridine rings is 1. The van der Waals surface area contributed by atoms with E-state index in [-0.39, 0.29) is 0 Å². The Morgan fingerprint density at radius 3 is 1.85 bits per heavy atom. The molecule has 0 aliphatic heterocycles. The highest BCUT2D eigenvalue weighted by Gasteiger charge is 2.37. The Balaban J connectivity index is 1.60. The van der Waals surface area contributed by atoms with Crippen LogP contribution in [0.5, 0.6) is 0 Å². The van der Waals surface area contributed by atoms with Gasteiger partial charge in [-0.2, -0.15) is 5.10 Å². The Morgan fingerprint density at radius 2 is 1.34 bits per heavy atom. The normalized spacial score (nSPS) is 11.3. The number of hydrogen-bond donors (Lipinski definition) is 2. The highest BCUT2D eigenvalue weighted by molar-refractivity contribution is 6.30. The summed E-state index contributed by atoms with van der Waals surface area (Å²) in [5.74, 6) is 0. The quantitative estimate of drug-likeness (QED) is 0.114. The van der Waals surface area contributed by atoms with E-state index in [0.29, 0.717) is 16.4 Å². The van der Waals surface area contributed by atoms with Crippen LogP contribution in [0.15, 0.2) is 140 Å². The molecule has 6 rings (SSSR count). The number of halogens is 1. The fourth-order valence-electron chi connectivity index (χ4n) is 5.31. The van der Waals surface area contributed by atoms with Gasteiger partial charge in [-0.05, 0) is 46.5 Å². The second-order valence-corrected chi connectivity index (χ2v) is 10.3. The van der Waals surface area contributed by atoms with Gasteiger partial charge in [-0.3, -0.25) is 10.1 Å². The largest absolute Gasteiger partial charge is 0.367 e. The number of nitrogens with one attached hydrogen (secondary N) is 2. The van der Waals surface area contributed by atoms with Gasteiger partial charge >= 0.3 is 0 Å². The Morgan fingerprint density at radius 1 is 0.756 bits per heavy atom. The molecule has 0 amide bonds. The first-order valence-electron chi connectivity index (χ1n) is 13.3. The van der Waals surface area contributed by atoms with Crippen LogP contribution in [0.4, 0.5) is 5.69 Å². The standard InChI is InChI=1S/C35H28ClN5/c1-41-24-27(23-39-41)25-17-18-32(31(21-25)34(37)26-19-20-38-33(36)22-26)40-35(28-11-5-2-6-12-28,29-13-7-3-8-14-29)30-15-9-4-10-16-30/h2-24,37,40H,1H3. The van der Waals surface area contributed by atoms with Crippen LogP contribution in [0.2, 0.25) is 5.15 Å². The summed E-state index contributed by atoms with van der Waals surface area (Å²) in [5, 5.41) is 18.0. The van der Waals surface area contributed by atoms with Gasteiger partial charge in [0.05, 0.1) is 11.9 Å². The van der Waals surface area contributed by atoms with Crippen molar-refractivity contribution in [2.45, 2.75) is 5.54 Å². The molecular weight excluding hydrogens is 526 g/mol. The maximum absolute atomic E-state index is 9.35. The highest BCUT2D eigenvalue weighted by atomic mass is 35.5. The van der Waals surface area contributed by atoms with Crippen molar-refractivity contribution in [3.8, 4) is 11.1 Å². The molecule has 200 valence electrons. The molecule has 0 atom stereocenters. The lowest BCUT2D eigenvalue weighted by molar-refractivity contribution is 0.711. The average Bonchev–Trinajstić information content (AvgIpc) is 3.47. The summed E-state index contributed by atoms with van der Waals surface area (Å²) >= 11 is 6.26. The monoisotopic (exact) mass is 553 g/mol. The van der Waals surface area contributed by atoms with Crippen molar-refractivity contribution in [1.82, 2.24) is 14.8 Å². The molecule has 0 spiro atoms. The third kappa shape index (κ3) is 5.15. The van der Waals surface area contributed by atoms with Gasteiger partial charge in [-0.15, -0.1) is 0 Å². The van der Waals surface area contributed by atoms with Gasteiger partial charge in [0, 0.05) is 41.8 Å². The van der Waals surface area contributed by atoms with Crippen molar-refractivity contribution < 1.29 is 0 Å². The maximum Gasteiger partial charge on any atom is 0.129 e. The zero-order valence-corrected chi connectivity index (χ0v) is 23.3. The molecular formula is C35H28ClN5. The summed E-state index contributed by atoms with van der Waals surface area (Å²) in [5.41, 5.74) is 7.01. The lowest BCUT2D eigenvalue weighted by Crippen LogP contribution is -2.38. The van der Waals surface area contributed by atoms with E-state index in [4.69, 9.17) is 11.6 Å². The molecule has 0 bridgehead atoms. The van der Waals surface area contributed by atoms with E-state index in [1.807, 2.05) is 49.8 Å². The molecule has 2 heterocycles. The molecule has 6 heteroatoms. The molecule has 6 aromatic rings. The van der Waals surface area contributed by atoms with Crippen LogP contribution in [-0.4, -0.2) is 20.5 Å². The van der Waals surface area contributed by atoms with Crippen molar-refractivity contribution in [3.63, 3.8) is 0 Å². The predicted octanol–water partition coefficient (Wildman–Crippen LogP) is 7.96. The van der Waals surface area contributed by atoms with Crippen LogP contribution < -0.4 is 5.32 Å². The molecule has 0 saturated heterocycles. The zero-order chi connectivity index (χ0) is 28.2. The van der Waals surface area contributed by atoms with Gasteiger partial charge < -0.3 is 5.32 Å². The number of aromatic nitrogens is 3. The average molecular weight is 554 g/mol. The number of aryl methyl sites for hydroxylation is 1. The first-order chi connectivity index (χ1) is 20.0. The summed E-state index contributed by atoms with van der Waals surface area (Å²) < 4.78 is 1.78. The van der Waals surface area contributed by atoms with Crippen molar-refractivity contribution in [1.29, 1.82) is 5.41 Å². The number of benzene rings is 4. The summed E-state index contributed by atoms with van der Waals surface area (Å²) in [6.45, 7) is 0. The molecule has 0 aliphatic carbocycles.